The van der Waals surface area contributed by atoms with Gasteiger partial charge in [0.2, 0.25) is 5.88 Å². The molecule has 0 fully saturated rings. The second-order valence-electron chi connectivity index (χ2n) is 6.38. The lowest BCUT2D eigenvalue weighted by molar-refractivity contribution is 0.0728. The summed E-state index contributed by atoms with van der Waals surface area (Å²) < 4.78 is 7.20. The Morgan fingerprint density at radius 2 is 2.00 bits per heavy atom. The molecular weight excluding hydrogens is 344 g/mol. The van der Waals surface area contributed by atoms with Gasteiger partial charge in [-0.1, -0.05) is 44.5 Å². The SMILES string of the molecule is CC(C)(C)c1cc(OC(=O)c2cccs2)n(-c2cccc(Cl)c2)n1. The van der Waals surface area contributed by atoms with Crippen molar-refractivity contribution in [3.05, 3.63) is 63.4 Å². The Bertz CT molecular complexity index is 864. The topological polar surface area (TPSA) is 44.1 Å². The van der Waals surface area contributed by atoms with Crippen molar-refractivity contribution in [3.8, 4) is 11.6 Å². The van der Waals surface area contributed by atoms with Crippen LogP contribution in [-0.4, -0.2) is 15.7 Å². The van der Waals surface area contributed by atoms with E-state index in [0.717, 1.165) is 11.4 Å². The van der Waals surface area contributed by atoms with Crippen LogP contribution >= 0.6 is 22.9 Å². The molecule has 2 aromatic heterocycles. The fourth-order valence-corrected chi connectivity index (χ4v) is 2.92. The smallest absolute Gasteiger partial charge is 0.355 e. The van der Waals surface area contributed by atoms with Gasteiger partial charge in [-0.15, -0.1) is 11.3 Å². The number of benzene rings is 1. The first-order valence-corrected chi connectivity index (χ1v) is 8.72. The van der Waals surface area contributed by atoms with Crippen molar-refractivity contribution in [2.75, 3.05) is 0 Å². The largest absolute Gasteiger partial charge is 0.403 e. The molecule has 0 bridgehead atoms. The van der Waals surface area contributed by atoms with Crippen molar-refractivity contribution < 1.29 is 9.53 Å². The van der Waals surface area contributed by atoms with Crippen LogP contribution in [0.3, 0.4) is 0 Å². The predicted octanol–water partition coefficient (Wildman–Crippen LogP) is 5.10. The van der Waals surface area contributed by atoms with E-state index in [2.05, 4.69) is 25.9 Å². The van der Waals surface area contributed by atoms with Crippen LogP contribution in [0.5, 0.6) is 5.88 Å². The molecule has 0 saturated heterocycles. The molecule has 0 atom stereocenters. The molecule has 3 rings (SSSR count). The van der Waals surface area contributed by atoms with Crippen LogP contribution in [-0.2, 0) is 5.41 Å². The summed E-state index contributed by atoms with van der Waals surface area (Å²) in [6.45, 7) is 6.17. The van der Waals surface area contributed by atoms with Crippen molar-refractivity contribution >= 4 is 28.9 Å². The summed E-state index contributed by atoms with van der Waals surface area (Å²) in [5, 5.41) is 7.04. The highest BCUT2D eigenvalue weighted by molar-refractivity contribution is 7.12. The zero-order chi connectivity index (χ0) is 17.3. The fourth-order valence-electron chi connectivity index (χ4n) is 2.14. The quantitative estimate of drug-likeness (QED) is 0.610. The Hall–Kier alpha value is -2.11. The molecule has 0 aliphatic rings. The second kappa shape index (κ2) is 6.42. The van der Waals surface area contributed by atoms with E-state index in [4.69, 9.17) is 16.3 Å². The summed E-state index contributed by atoms with van der Waals surface area (Å²) in [5.74, 6) is -0.0192. The van der Waals surface area contributed by atoms with Gasteiger partial charge in [0.05, 0.1) is 11.4 Å². The molecule has 0 unspecified atom stereocenters. The summed E-state index contributed by atoms with van der Waals surface area (Å²) >= 11 is 7.42. The van der Waals surface area contributed by atoms with E-state index in [0.29, 0.717) is 15.8 Å². The first-order chi connectivity index (χ1) is 11.3. The average molecular weight is 361 g/mol. The molecule has 124 valence electrons. The van der Waals surface area contributed by atoms with Crippen molar-refractivity contribution in [1.29, 1.82) is 0 Å². The van der Waals surface area contributed by atoms with Crippen LogP contribution in [0.25, 0.3) is 5.69 Å². The minimum Gasteiger partial charge on any atom is -0.403 e. The van der Waals surface area contributed by atoms with E-state index in [9.17, 15) is 4.79 Å². The minimum absolute atomic E-state index is 0.173. The highest BCUT2D eigenvalue weighted by Crippen LogP contribution is 2.29. The first kappa shape index (κ1) is 16.7. The summed E-state index contributed by atoms with van der Waals surface area (Å²) in [7, 11) is 0. The lowest BCUT2D eigenvalue weighted by Gasteiger charge is -2.13. The number of thiophene rings is 1. The van der Waals surface area contributed by atoms with Crippen LogP contribution in [0, 0.1) is 0 Å². The Kier molecular flexibility index (Phi) is 4.47. The average Bonchev–Trinajstić information content (AvgIpc) is 3.16. The summed E-state index contributed by atoms with van der Waals surface area (Å²) in [6.07, 6.45) is 0. The van der Waals surface area contributed by atoms with Gasteiger partial charge in [-0.25, -0.2) is 9.48 Å². The molecule has 4 nitrogen and oxygen atoms in total. The van der Waals surface area contributed by atoms with E-state index in [-0.39, 0.29) is 5.41 Å². The Balaban J connectivity index is 2.03. The number of hydrogen-bond donors (Lipinski definition) is 0. The number of carbonyl (C=O) groups excluding carboxylic acids is 1. The molecule has 24 heavy (non-hydrogen) atoms. The maximum absolute atomic E-state index is 12.3. The number of rotatable bonds is 3. The van der Waals surface area contributed by atoms with Crippen molar-refractivity contribution in [3.63, 3.8) is 0 Å². The number of esters is 1. The number of nitrogens with zero attached hydrogens (tertiary/aromatic N) is 2. The molecule has 0 aliphatic heterocycles. The third-order valence-corrected chi connectivity index (χ3v) is 4.50. The zero-order valence-electron chi connectivity index (χ0n) is 13.6. The van der Waals surface area contributed by atoms with Crippen LogP contribution in [0.4, 0.5) is 0 Å². The van der Waals surface area contributed by atoms with Crippen LogP contribution < -0.4 is 4.74 Å². The third-order valence-electron chi connectivity index (χ3n) is 3.42. The molecular formula is C18H17ClN2O2S. The van der Waals surface area contributed by atoms with Gasteiger partial charge in [0.25, 0.3) is 0 Å². The number of ether oxygens (including phenoxy) is 1. The van der Waals surface area contributed by atoms with Gasteiger partial charge < -0.3 is 4.74 Å². The first-order valence-electron chi connectivity index (χ1n) is 7.47. The van der Waals surface area contributed by atoms with Crippen molar-refractivity contribution in [2.24, 2.45) is 0 Å². The molecule has 3 aromatic rings. The maximum Gasteiger partial charge on any atom is 0.355 e. The Morgan fingerprint density at radius 1 is 1.21 bits per heavy atom. The van der Waals surface area contributed by atoms with Crippen molar-refractivity contribution in [2.45, 2.75) is 26.2 Å². The normalized spacial score (nSPS) is 11.5. The molecule has 1 aromatic carbocycles. The zero-order valence-corrected chi connectivity index (χ0v) is 15.2. The van der Waals surface area contributed by atoms with E-state index in [1.165, 1.54) is 11.3 Å². The molecule has 0 N–H and O–H groups in total. The van der Waals surface area contributed by atoms with E-state index in [1.807, 2.05) is 23.6 Å². The van der Waals surface area contributed by atoms with Gasteiger partial charge in [-0.2, -0.15) is 5.10 Å². The number of aromatic nitrogens is 2. The van der Waals surface area contributed by atoms with Crippen LogP contribution in [0.2, 0.25) is 5.02 Å². The van der Waals surface area contributed by atoms with Gasteiger partial charge in [0.15, 0.2) is 0 Å². The number of halogens is 1. The highest BCUT2D eigenvalue weighted by atomic mass is 35.5. The van der Waals surface area contributed by atoms with Crippen molar-refractivity contribution in [1.82, 2.24) is 9.78 Å². The molecule has 2 heterocycles. The standard InChI is InChI=1S/C18H17ClN2O2S/c1-18(2,3)15-11-16(23-17(22)14-8-5-9-24-14)21(20-15)13-7-4-6-12(19)10-13/h4-11H,1-3H3. The molecule has 0 saturated carbocycles. The summed E-state index contributed by atoms with van der Waals surface area (Å²) in [6, 6.07) is 12.6. The van der Waals surface area contributed by atoms with Gasteiger partial charge >= 0.3 is 5.97 Å². The third kappa shape index (κ3) is 3.52. The molecule has 0 amide bonds. The summed E-state index contributed by atoms with van der Waals surface area (Å²) in [5.41, 5.74) is 1.40. The highest BCUT2D eigenvalue weighted by Gasteiger charge is 2.23. The van der Waals surface area contributed by atoms with E-state index < -0.39 is 5.97 Å². The number of carbonyl (C=O) groups is 1. The van der Waals surface area contributed by atoms with E-state index >= 15 is 0 Å². The number of hydrogen-bond acceptors (Lipinski definition) is 4. The molecule has 0 radical (unpaired) electrons. The monoisotopic (exact) mass is 360 g/mol. The summed E-state index contributed by atoms with van der Waals surface area (Å²) in [4.78, 5) is 12.9. The van der Waals surface area contributed by atoms with Crippen LogP contribution in [0.1, 0.15) is 36.1 Å². The van der Waals surface area contributed by atoms with Gasteiger partial charge in [0, 0.05) is 16.5 Å². The second-order valence-corrected chi connectivity index (χ2v) is 7.76. The van der Waals surface area contributed by atoms with E-state index in [1.54, 1.807) is 28.9 Å². The lowest BCUT2D eigenvalue weighted by atomic mass is 9.93. The molecule has 6 heteroatoms. The lowest BCUT2D eigenvalue weighted by Crippen LogP contribution is -2.12. The van der Waals surface area contributed by atoms with Gasteiger partial charge in [-0.3, -0.25) is 0 Å². The Labute approximate surface area is 149 Å². The molecule has 0 spiro atoms. The predicted molar refractivity (Wildman–Crippen MR) is 96.6 cm³/mol. The van der Waals surface area contributed by atoms with Gasteiger partial charge in [-0.05, 0) is 29.6 Å². The van der Waals surface area contributed by atoms with Gasteiger partial charge in [0.1, 0.15) is 4.88 Å². The fraction of sp³-hybridized carbons (Fsp3) is 0.222. The van der Waals surface area contributed by atoms with Crippen LogP contribution in [0.15, 0.2) is 47.8 Å². The maximum atomic E-state index is 12.3. The minimum atomic E-state index is -0.395. The molecule has 0 aliphatic carbocycles. The Morgan fingerprint density at radius 3 is 2.62 bits per heavy atom.